The molecule has 2 aromatic heterocycles. The van der Waals surface area contributed by atoms with Gasteiger partial charge in [-0.1, -0.05) is 30.3 Å². The third-order valence-corrected chi connectivity index (χ3v) is 4.52. The number of nitrogens with zero attached hydrogens (tertiary/aromatic N) is 3. The Balaban J connectivity index is 1.56. The van der Waals surface area contributed by atoms with Crippen molar-refractivity contribution in [3.05, 3.63) is 106 Å². The topological polar surface area (TPSA) is 84.2 Å². The van der Waals surface area contributed by atoms with Gasteiger partial charge in [0.1, 0.15) is 0 Å². The Bertz CT molecular complexity index is 1220. The normalized spacial score (nSPS) is 11.1. The molecule has 2 aromatic carbocycles. The molecule has 0 atom stereocenters. The number of aromatic amines is 1. The van der Waals surface area contributed by atoms with Crippen molar-refractivity contribution < 1.29 is 4.79 Å². The maximum atomic E-state index is 12.7. The first-order chi connectivity index (χ1) is 14.1. The molecule has 0 bridgehead atoms. The van der Waals surface area contributed by atoms with E-state index < -0.39 is 0 Å². The van der Waals surface area contributed by atoms with Gasteiger partial charge in [0.15, 0.2) is 0 Å². The SMILES string of the molecule is Cc1[nH]n(-c2ccccc2)c(=O)c1/C=N/NC(=O)c1ccccc1-n1cccc1. The van der Waals surface area contributed by atoms with Gasteiger partial charge in [-0.25, -0.2) is 10.1 Å². The summed E-state index contributed by atoms with van der Waals surface area (Å²) < 4.78 is 3.30. The highest BCUT2D eigenvalue weighted by Crippen LogP contribution is 2.14. The summed E-state index contributed by atoms with van der Waals surface area (Å²) in [6.07, 6.45) is 5.10. The second-order valence-corrected chi connectivity index (χ2v) is 6.43. The Morgan fingerprint density at radius 3 is 2.45 bits per heavy atom. The van der Waals surface area contributed by atoms with Crippen LogP contribution in [0.5, 0.6) is 0 Å². The first-order valence-corrected chi connectivity index (χ1v) is 9.08. The molecule has 0 saturated carbocycles. The molecule has 2 heterocycles. The highest BCUT2D eigenvalue weighted by Gasteiger charge is 2.13. The number of benzene rings is 2. The van der Waals surface area contributed by atoms with Gasteiger partial charge in [0.2, 0.25) is 0 Å². The van der Waals surface area contributed by atoms with E-state index in [0.29, 0.717) is 16.8 Å². The average Bonchev–Trinajstić information content (AvgIpc) is 3.38. The molecule has 2 N–H and O–H groups in total. The average molecular weight is 385 g/mol. The van der Waals surface area contributed by atoms with Crippen LogP contribution in [0.3, 0.4) is 0 Å². The number of amides is 1. The predicted octanol–water partition coefficient (Wildman–Crippen LogP) is 3.03. The van der Waals surface area contributed by atoms with Crippen LogP contribution in [-0.4, -0.2) is 26.5 Å². The fourth-order valence-electron chi connectivity index (χ4n) is 3.07. The first kappa shape index (κ1) is 18.2. The molecule has 0 unspecified atom stereocenters. The van der Waals surface area contributed by atoms with Gasteiger partial charge in [-0.05, 0) is 43.3 Å². The molecule has 1 amide bonds. The standard InChI is InChI=1S/C22H19N5O2/c1-16-19(22(29)27(25-16)17-9-3-2-4-10-17)15-23-24-21(28)18-11-5-6-12-20(18)26-13-7-8-14-26/h2-15,25H,1H3,(H,24,28)/b23-15+. The molecule has 4 aromatic rings. The fourth-order valence-corrected chi connectivity index (χ4v) is 3.07. The zero-order chi connectivity index (χ0) is 20.2. The minimum absolute atomic E-state index is 0.237. The molecule has 0 aliphatic heterocycles. The number of rotatable bonds is 5. The van der Waals surface area contributed by atoms with Crippen molar-refractivity contribution in [3.63, 3.8) is 0 Å². The van der Waals surface area contributed by atoms with Crippen LogP contribution in [0.1, 0.15) is 21.6 Å². The molecule has 0 aliphatic carbocycles. The van der Waals surface area contributed by atoms with Crippen LogP contribution >= 0.6 is 0 Å². The van der Waals surface area contributed by atoms with Gasteiger partial charge in [0, 0.05) is 18.1 Å². The second-order valence-electron chi connectivity index (χ2n) is 6.43. The third kappa shape index (κ3) is 3.66. The largest absolute Gasteiger partial charge is 0.323 e. The van der Waals surface area contributed by atoms with E-state index >= 15 is 0 Å². The van der Waals surface area contributed by atoms with Gasteiger partial charge >= 0.3 is 0 Å². The van der Waals surface area contributed by atoms with Gasteiger partial charge in [0.05, 0.1) is 28.7 Å². The van der Waals surface area contributed by atoms with Crippen LogP contribution in [0.4, 0.5) is 0 Å². The van der Waals surface area contributed by atoms with E-state index in [2.05, 4.69) is 15.6 Å². The molecule has 4 rings (SSSR count). The van der Waals surface area contributed by atoms with Gasteiger partial charge in [-0.2, -0.15) is 5.10 Å². The van der Waals surface area contributed by atoms with Crippen molar-refractivity contribution in [2.45, 2.75) is 6.92 Å². The van der Waals surface area contributed by atoms with Crippen molar-refractivity contribution >= 4 is 12.1 Å². The van der Waals surface area contributed by atoms with Gasteiger partial charge in [-0.3, -0.25) is 14.7 Å². The molecule has 0 radical (unpaired) electrons. The van der Waals surface area contributed by atoms with Crippen LogP contribution in [-0.2, 0) is 0 Å². The van der Waals surface area contributed by atoms with E-state index in [0.717, 1.165) is 11.4 Å². The van der Waals surface area contributed by atoms with Crippen LogP contribution in [0.2, 0.25) is 0 Å². The quantitative estimate of drug-likeness (QED) is 0.409. The van der Waals surface area contributed by atoms with E-state index in [1.54, 1.807) is 19.1 Å². The van der Waals surface area contributed by atoms with Gasteiger partial charge in [-0.15, -0.1) is 0 Å². The van der Waals surface area contributed by atoms with E-state index in [1.807, 2.05) is 71.6 Å². The maximum absolute atomic E-state index is 12.7. The summed E-state index contributed by atoms with van der Waals surface area (Å²) >= 11 is 0. The molecule has 0 saturated heterocycles. The molecular weight excluding hydrogens is 366 g/mol. The number of aryl methyl sites for hydroxylation is 1. The molecule has 0 spiro atoms. The van der Waals surface area contributed by atoms with Crippen molar-refractivity contribution in [2.24, 2.45) is 5.10 Å². The van der Waals surface area contributed by atoms with E-state index in [9.17, 15) is 9.59 Å². The molecular formula is C22H19N5O2. The lowest BCUT2D eigenvalue weighted by atomic mass is 10.1. The number of para-hydroxylation sites is 2. The van der Waals surface area contributed by atoms with Crippen LogP contribution in [0.25, 0.3) is 11.4 Å². The summed E-state index contributed by atoms with van der Waals surface area (Å²) in [6.45, 7) is 1.78. The smallest absolute Gasteiger partial charge is 0.280 e. The predicted molar refractivity (Wildman–Crippen MR) is 112 cm³/mol. The Labute approximate surface area is 166 Å². The molecule has 7 heteroatoms. The van der Waals surface area contributed by atoms with Crippen molar-refractivity contribution in [1.82, 2.24) is 19.8 Å². The maximum Gasteiger partial charge on any atom is 0.280 e. The minimum atomic E-state index is -0.359. The number of carbonyl (C=O) groups excluding carboxylic acids is 1. The minimum Gasteiger partial charge on any atom is -0.323 e. The lowest BCUT2D eigenvalue weighted by Crippen LogP contribution is -2.21. The first-order valence-electron chi connectivity index (χ1n) is 9.08. The summed E-state index contributed by atoms with van der Waals surface area (Å²) in [6, 6.07) is 20.3. The van der Waals surface area contributed by atoms with Crippen LogP contribution < -0.4 is 11.0 Å². The second kappa shape index (κ2) is 7.85. The number of H-pyrrole nitrogens is 1. The molecule has 144 valence electrons. The number of hydrogen-bond donors (Lipinski definition) is 2. The summed E-state index contributed by atoms with van der Waals surface area (Å²) in [7, 11) is 0. The summed E-state index contributed by atoms with van der Waals surface area (Å²) in [5.74, 6) is -0.359. The highest BCUT2D eigenvalue weighted by molar-refractivity contribution is 5.98. The number of nitrogens with one attached hydrogen (secondary N) is 2. The van der Waals surface area contributed by atoms with Crippen molar-refractivity contribution in [3.8, 4) is 11.4 Å². The third-order valence-electron chi connectivity index (χ3n) is 4.52. The summed E-state index contributed by atoms with van der Waals surface area (Å²) in [5, 5.41) is 7.03. The Morgan fingerprint density at radius 2 is 1.69 bits per heavy atom. The van der Waals surface area contributed by atoms with Gasteiger partial charge < -0.3 is 4.57 Å². The molecule has 7 nitrogen and oxygen atoms in total. The lowest BCUT2D eigenvalue weighted by Gasteiger charge is -2.08. The Hall–Kier alpha value is -4.13. The van der Waals surface area contributed by atoms with E-state index in [1.165, 1.54) is 10.9 Å². The van der Waals surface area contributed by atoms with Crippen molar-refractivity contribution in [2.75, 3.05) is 0 Å². The van der Waals surface area contributed by atoms with Gasteiger partial charge in [0.25, 0.3) is 11.5 Å². The van der Waals surface area contributed by atoms with Crippen LogP contribution in [0.15, 0.2) is 89.0 Å². The molecule has 29 heavy (non-hydrogen) atoms. The monoisotopic (exact) mass is 385 g/mol. The summed E-state index contributed by atoms with van der Waals surface area (Å²) in [5.41, 5.74) is 5.26. The zero-order valence-electron chi connectivity index (χ0n) is 15.7. The van der Waals surface area contributed by atoms with E-state index in [-0.39, 0.29) is 11.5 Å². The van der Waals surface area contributed by atoms with Crippen molar-refractivity contribution in [1.29, 1.82) is 0 Å². The Morgan fingerprint density at radius 1 is 1.00 bits per heavy atom. The fraction of sp³-hybridized carbons (Fsp3) is 0.0455. The summed E-state index contributed by atoms with van der Waals surface area (Å²) in [4.78, 5) is 25.3. The zero-order valence-corrected chi connectivity index (χ0v) is 15.7. The Kier molecular flexibility index (Phi) is 4.94. The lowest BCUT2D eigenvalue weighted by molar-refractivity contribution is 0.0955. The number of hydrogen-bond acceptors (Lipinski definition) is 3. The number of carbonyl (C=O) groups is 1. The van der Waals surface area contributed by atoms with E-state index in [4.69, 9.17) is 0 Å². The molecule has 0 fully saturated rings. The number of aromatic nitrogens is 3. The van der Waals surface area contributed by atoms with Crippen LogP contribution in [0, 0.1) is 6.92 Å². The number of hydrazone groups is 1. The highest BCUT2D eigenvalue weighted by atomic mass is 16.2. The molecule has 0 aliphatic rings.